The molecule has 0 aromatic carbocycles. The highest BCUT2D eigenvalue weighted by Gasteiger charge is 2.20. The SMILES string of the molecule is CCc1cc(CNCC(C)C)cc(N2CCSCC2C)n1. The Morgan fingerprint density at radius 1 is 1.43 bits per heavy atom. The average molecular weight is 308 g/mol. The third-order valence-electron chi connectivity index (χ3n) is 3.83. The maximum absolute atomic E-state index is 4.86. The van der Waals surface area contributed by atoms with Crippen LogP contribution in [-0.4, -0.2) is 35.6 Å². The summed E-state index contributed by atoms with van der Waals surface area (Å²) in [6.45, 7) is 12.1. The van der Waals surface area contributed by atoms with Gasteiger partial charge in [0.25, 0.3) is 0 Å². The Morgan fingerprint density at radius 3 is 2.90 bits per heavy atom. The van der Waals surface area contributed by atoms with Gasteiger partial charge in [-0.3, -0.25) is 0 Å². The summed E-state index contributed by atoms with van der Waals surface area (Å²) >= 11 is 2.05. The number of hydrogen-bond donors (Lipinski definition) is 1. The van der Waals surface area contributed by atoms with Gasteiger partial charge in [-0.05, 0) is 43.5 Å². The van der Waals surface area contributed by atoms with Crippen LogP contribution < -0.4 is 10.2 Å². The smallest absolute Gasteiger partial charge is 0.129 e. The number of aromatic nitrogens is 1. The summed E-state index contributed by atoms with van der Waals surface area (Å²) in [6, 6.07) is 5.11. The molecule has 1 aliphatic rings. The van der Waals surface area contributed by atoms with E-state index in [2.05, 4.69) is 61.8 Å². The first kappa shape index (κ1) is 16.6. The number of aryl methyl sites for hydroxylation is 1. The van der Waals surface area contributed by atoms with E-state index in [1.54, 1.807) is 0 Å². The highest BCUT2D eigenvalue weighted by atomic mass is 32.2. The van der Waals surface area contributed by atoms with E-state index < -0.39 is 0 Å². The fraction of sp³-hybridized carbons (Fsp3) is 0.706. The van der Waals surface area contributed by atoms with E-state index in [1.165, 1.54) is 28.6 Å². The first-order chi connectivity index (χ1) is 10.1. The summed E-state index contributed by atoms with van der Waals surface area (Å²) in [6.07, 6.45) is 1.00. The number of rotatable bonds is 6. The van der Waals surface area contributed by atoms with E-state index >= 15 is 0 Å². The molecule has 1 aromatic heterocycles. The average Bonchev–Trinajstić information content (AvgIpc) is 2.47. The Hall–Kier alpha value is -0.740. The normalized spacial score (nSPS) is 19.3. The Morgan fingerprint density at radius 2 is 2.24 bits per heavy atom. The lowest BCUT2D eigenvalue weighted by atomic mass is 10.1. The van der Waals surface area contributed by atoms with Gasteiger partial charge < -0.3 is 10.2 Å². The summed E-state index contributed by atoms with van der Waals surface area (Å²) in [4.78, 5) is 7.33. The van der Waals surface area contributed by atoms with Crippen LogP contribution in [0.1, 0.15) is 39.0 Å². The predicted octanol–water partition coefficient (Wildman–Crippen LogP) is 3.33. The summed E-state index contributed by atoms with van der Waals surface area (Å²) < 4.78 is 0. The van der Waals surface area contributed by atoms with Crippen molar-refractivity contribution in [2.45, 2.75) is 46.7 Å². The van der Waals surface area contributed by atoms with Crippen LogP contribution in [0.25, 0.3) is 0 Å². The van der Waals surface area contributed by atoms with Gasteiger partial charge in [-0.25, -0.2) is 4.98 Å². The van der Waals surface area contributed by atoms with Crippen molar-refractivity contribution in [1.82, 2.24) is 10.3 Å². The van der Waals surface area contributed by atoms with Gasteiger partial charge in [0.1, 0.15) is 5.82 Å². The van der Waals surface area contributed by atoms with Gasteiger partial charge in [0.15, 0.2) is 0 Å². The lowest BCUT2D eigenvalue weighted by molar-refractivity contribution is 0.552. The second-order valence-electron chi connectivity index (χ2n) is 6.32. The van der Waals surface area contributed by atoms with Crippen LogP contribution in [0.2, 0.25) is 0 Å². The molecular weight excluding hydrogens is 278 g/mol. The number of thioether (sulfide) groups is 1. The molecule has 2 heterocycles. The van der Waals surface area contributed by atoms with E-state index in [0.717, 1.165) is 26.1 Å². The second-order valence-corrected chi connectivity index (χ2v) is 7.47. The lowest BCUT2D eigenvalue weighted by Crippen LogP contribution is -2.41. The van der Waals surface area contributed by atoms with Gasteiger partial charge in [-0.1, -0.05) is 20.8 Å². The number of nitrogens with one attached hydrogen (secondary N) is 1. The van der Waals surface area contributed by atoms with Gasteiger partial charge in [0.05, 0.1) is 0 Å². The largest absolute Gasteiger partial charge is 0.352 e. The molecule has 1 aromatic rings. The molecule has 118 valence electrons. The summed E-state index contributed by atoms with van der Waals surface area (Å²) in [5.41, 5.74) is 2.57. The van der Waals surface area contributed by atoms with Crippen molar-refractivity contribution in [2.75, 3.05) is 29.5 Å². The van der Waals surface area contributed by atoms with Crippen LogP contribution in [0.4, 0.5) is 5.82 Å². The topological polar surface area (TPSA) is 28.2 Å². The van der Waals surface area contributed by atoms with Crippen molar-refractivity contribution >= 4 is 17.6 Å². The molecule has 0 bridgehead atoms. The summed E-state index contributed by atoms with van der Waals surface area (Å²) in [7, 11) is 0. The molecule has 0 saturated carbocycles. The monoisotopic (exact) mass is 307 g/mol. The minimum absolute atomic E-state index is 0.583. The molecule has 1 N–H and O–H groups in total. The van der Waals surface area contributed by atoms with Gasteiger partial charge in [-0.15, -0.1) is 0 Å². The molecule has 21 heavy (non-hydrogen) atoms. The molecule has 1 fully saturated rings. The Labute approximate surface area is 133 Å². The molecule has 1 unspecified atom stereocenters. The Bertz CT molecular complexity index is 448. The van der Waals surface area contributed by atoms with Crippen LogP contribution in [-0.2, 0) is 13.0 Å². The molecule has 1 aliphatic heterocycles. The Balaban J connectivity index is 2.12. The van der Waals surface area contributed by atoms with Crippen LogP contribution in [0, 0.1) is 5.92 Å². The molecule has 0 spiro atoms. The maximum Gasteiger partial charge on any atom is 0.129 e. The minimum atomic E-state index is 0.583. The van der Waals surface area contributed by atoms with Crippen molar-refractivity contribution < 1.29 is 0 Å². The number of anilines is 1. The molecule has 3 nitrogen and oxygen atoms in total. The van der Waals surface area contributed by atoms with Gasteiger partial charge in [0, 0.05) is 36.3 Å². The fourth-order valence-electron chi connectivity index (χ4n) is 2.64. The van der Waals surface area contributed by atoms with Gasteiger partial charge in [0.2, 0.25) is 0 Å². The summed E-state index contributed by atoms with van der Waals surface area (Å²) in [5.74, 6) is 4.28. The zero-order valence-corrected chi connectivity index (χ0v) is 14.7. The molecule has 0 amide bonds. The molecule has 1 atom stereocenters. The molecule has 0 aliphatic carbocycles. The predicted molar refractivity (Wildman–Crippen MR) is 94.3 cm³/mol. The third kappa shape index (κ3) is 4.89. The first-order valence-corrected chi connectivity index (χ1v) is 9.30. The van der Waals surface area contributed by atoms with E-state index in [-0.39, 0.29) is 0 Å². The number of pyridine rings is 1. The molecule has 0 radical (unpaired) electrons. The van der Waals surface area contributed by atoms with Crippen LogP contribution in [0.5, 0.6) is 0 Å². The van der Waals surface area contributed by atoms with Gasteiger partial charge in [-0.2, -0.15) is 11.8 Å². The zero-order valence-electron chi connectivity index (χ0n) is 13.9. The first-order valence-electron chi connectivity index (χ1n) is 8.15. The van der Waals surface area contributed by atoms with Crippen molar-refractivity contribution in [3.63, 3.8) is 0 Å². The van der Waals surface area contributed by atoms with E-state index in [4.69, 9.17) is 4.98 Å². The number of hydrogen-bond acceptors (Lipinski definition) is 4. The molecule has 1 saturated heterocycles. The number of nitrogens with zero attached hydrogens (tertiary/aromatic N) is 2. The third-order valence-corrected chi connectivity index (χ3v) is 5.02. The van der Waals surface area contributed by atoms with Crippen molar-refractivity contribution in [3.8, 4) is 0 Å². The van der Waals surface area contributed by atoms with Crippen molar-refractivity contribution in [1.29, 1.82) is 0 Å². The zero-order chi connectivity index (χ0) is 15.2. The molecule has 4 heteroatoms. The standard InChI is InChI=1S/C17H29N3S/c1-5-16-8-15(11-18-10-13(2)3)9-17(19-16)20-6-7-21-12-14(20)4/h8-9,13-14,18H,5-7,10-12H2,1-4H3. The van der Waals surface area contributed by atoms with Crippen molar-refractivity contribution in [2.24, 2.45) is 5.92 Å². The highest BCUT2D eigenvalue weighted by Crippen LogP contribution is 2.24. The van der Waals surface area contributed by atoms with Gasteiger partial charge >= 0.3 is 0 Å². The summed E-state index contributed by atoms with van der Waals surface area (Å²) in [5, 5.41) is 3.54. The fourth-order valence-corrected chi connectivity index (χ4v) is 3.65. The second kappa shape index (κ2) is 8.04. The maximum atomic E-state index is 4.86. The van der Waals surface area contributed by atoms with E-state index in [0.29, 0.717) is 12.0 Å². The van der Waals surface area contributed by atoms with Crippen molar-refractivity contribution in [3.05, 3.63) is 23.4 Å². The quantitative estimate of drug-likeness (QED) is 0.872. The van der Waals surface area contributed by atoms with E-state index in [1.807, 2.05) is 0 Å². The lowest BCUT2D eigenvalue weighted by Gasteiger charge is -2.34. The molecule has 2 rings (SSSR count). The minimum Gasteiger partial charge on any atom is -0.352 e. The van der Waals surface area contributed by atoms with Crippen LogP contribution in [0.3, 0.4) is 0 Å². The van der Waals surface area contributed by atoms with Crippen LogP contribution >= 0.6 is 11.8 Å². The molecular formula is C17H29N3S. The highest BCUT2D eigenvalue weighted by molar-refractivity contribution is 7.99. The Kier molecular flexibility index (Phi) is 6.37. The van der Waals surface area contributed by atoms with E-state index in [9.17, 15) is 0 Å². The van der Waals surface area contributed by atoms with Crippen LogP contribution in [0.15, 0.2) is 12.1 Å².